The van der Waals surface area contributed by atoms with E-state index in [-0.39, 0.29) is 24.6 Å². The molecule has 1 aromatic rings. The number of amides is 1. The van der Waals surface area contributed by atoms with Gasteiger partial charge in [0.05, 0.1) is 19.8 Å². The molecule has 0 fully saturated rings. The van der Waals surface area contributed by atoms with Crippen molar-refractivity contribution in [1.82, 2.24) is 5.32 Å². The normalized spacial score (nSPS) is 13.7. The maximum atomic E-state index is 11.7. The van der Waals surface area contributed by atoms with Crippen LogP contribution < -0.4 is 15.4 Å². The van der Waals surface area contributed by atoms with Crippen LogP contribution >= 0.6 is 0 Å². The first-order valence-electron chi connectivity index (χ1n) is 6.36. The molecule has 0 saturated heterocycles. The number of aliphatic hydroxyl groups excluding tert-OH is 1. The number of aliphatic hydroxyl groups is 1. The standard InChI is InChI=1S/C14H22N2O3/c1-10(7-11(2)17)15-9-14(18)16-12-5-4-6-13(8-12)19-3/h4-6,8,10-11,15,17H,7,9H2,1-3H3,(H,16,18). The summed E-state index contributed by atoms with van der Waals surface area (Å²) in [6.45, 7) is 3.88. The van der Waals surface area contributed by atoms with E-state index in [0.717, 1.165) is 0 Å². The number of nitrogens with one attached hydrogen (secondary N) is 2. The Morgan fingerprint density at radius 3 is 2.79 bits per heavy atom. The Labute approximate surface area is 114 Å². The van der Waals surface area contributed by atoms with Crippen molar-refractivity contribution >= 4 is 11.6 Å². The fourth-order valence-electron chi connectivity index (χ4n) is 1.77. The Balaban J connectivity index is 2.38. The maximum Gasteiger partial charge on any atom is 0.238 e. The Kier molecular flexibility index (Phi) is 6.32. The third-order valence-electron chi connectivity index (χ3n) is 2.66. The van der Waals surface area contributed by atoms with Crippen LogP contribution in [0.1, 0.15) is 20.3 Å². The Bertz CT molecular complexity index is 407. The molecule has 0 aliphatic rings. The van der Waals surface area contributed by atoms with Crippen molar-refractivity contribution in [3.05, 3.63) is 24.3 Å². The Hall–Kier alpha value is -1.59. The van der Waals surface area contributed by atoms with Crippen molar-refractivity contribution in [2.24, 2.45) is 0 Å². The second-order valence-electron chi connectivity index (χ2n) is 4.65. The van der Waals surface area contributed by atoms with E-state index in [0.29, 0.717) is 17.9 Å². The number of carbonyl (C=O) groups excluding carboxylic acids is 1. The molecule has 0 heterocycles. The zero-order chi connectivity index (χ0) is 14.3. The van der Waals surface area contributed by atoms with Gasteiger partial charge in [-0.1, -0.05) is 6.07 Å². The average molecular weight is 266 g/mol. The van der Waals surface area contributed by atoms with Gasteiger partial charge in [0.25, 0.3) is 0 Å². The highest BCUT2D eigenvalue weighted by atomic mass is 16.5. The van der Waals surface area contributed by atoms with Crippen molar-refractivity contribution < 1.29 is 14.6 Å². The molecule has 0 bridgehead atoms. The third-order valence-corrected chi connectivity index (χ3v) is 2.66. The van der Waals surface area contributed by atoms with Gasteiger partial charge in [-0.3, -0.25) is 4.79 Å². The van der Waals surface area contributed by atoms with E-state index in [4.69, 9.17) is 4.74 Å². The van der Waals surface area contributed by atoms with Crippen LogP contribution in [0.5, 0.6) is 5.75 Å². The van der Waals surface area contributed by atoms with E-state index in [9.17, 15) is 9.90 Å². The minimum Gasteiger partial charge on any atom is -0.497 e. The van der Waals surface area contributed by atoms with E-state index in [1.807, 2.05) is 19.1 Å². The van der Waals surface area contributed by atoms with Crippen LogP contribution in [-0.2, 0) is 4.79 Å². The molecule has 19 heavy (non-hydrogen) atoms. The summed E-state index contributed by atoms with van der Waals surface area (Å²) in [7, 11) is 1.58. The lowest BCUT2D eigenvalue weighted by Gasteiger charge is -2.15. The first kappa shape index (κ1) is 15.5. The molecule has 0 aliphatic heterocycles. The van der Waals surface area contributed by atoms with Gasteiger partial charge in [0, 0.05) is 17.8 Å². The fourth-order valence-corrected chi connectivity index (χ4v) is 1.77. The summed E-state index contributed by atoms with van der Waals surface area (Å²) in [5.74, 6) is 0.582. The van der Waals surface area contributed by atoms with E-state index in [1.165, 1.54) is 0 Å². The van der Waals surface area contributed by atoms with Crippen LogP contribution in [0, 0.1) is 0 Å². The van der Waals surface area contributed by atoms with Gasteiger partial charge in [0.15, 0.2) is 0 Å². The molecule has 0 saturated carbocycles. The SMILES string of the molecule is COc1cccc(NC(=O)CNC(C)CC(C)O)c1. The number of rotatable bonds is 7. The van der Waals surface area contributed by atoms with Gasteiger partial charge in [-0.15, -0.1) is 0 Å². The Morgan fingerprint density at radius 1 is 1.42 bits per heavy atom. The largest absolute Gasteiger partial charge is 0.497 e. The van der Waals surface area contributed by atoms with Crippen LogP contribution in [0.2, 0.25) is 0 Å². The lowest BCUT2D eigenvalue weighted by Crippen LogP contribution is -2.36. The summed E-state index contributed by atoms with van der Waals surface area (Å²) >= 11 is 0. The van der Waals surface area contributed by atoms with Gasteiger partial charge in [-0.05, 0) is 32.4 Å². The maximum absolute atomic E-state index is 11.7. The number of anilines is 1. The van der Waals surface area contributed by atoms with Gasteiger partial charge in [-0.2, -0.15) is 0 Å². The highest BCUT2D eigenvalue weighted by molar-refractivity contribution is 5.92. The summed E-state index contributed by atoms with van der Waals surface area (Å²) in [6.07, 6.45) is 0.246. The second kappa shape index (κ2) is 7.76. The third kappa shape index (κ3) is 6.22. The van der Waals surface area contributed by atoms with Gasteiger partial charge >= 0.3 is 0 Å². The van der Waals surface area contributed by atoms with Gasteiger partial charge in [0.1, 0.15) is 5.75 Å². The second-order valence-corrected chi connectivity index (χ2v) is 4.65. The predicted octanol–water partition coefficient (Wildman–Crippen LogP) is 1.38. The van der Waals surface area contributed by atoms with Gasteiger partial charge in [-0.25, -0.2) is 0 Å². The minimum absolute atomic E-state index is 0.0936. The van der Waals surface area contributed by atoms with Crippen molar-refractivity contribution in [2.75, 3.05) is 19.0 Å². The zero-order valence-electron chi connectivity index (χ0n) is 11.6. The molecular formula is C14H22N2O3. The number of hydrogen-bond donors (Lipinski definition) is 3. The van der Waals surface area contributed by atoms with Gasteiger partial charge < -0.3 is 20.5 Å². The molecule has 1 amide bonds. The van der Waals surface area contributed by atoms with Crippen LogP contribution in [0.3, 0.4) is 0 Å². The van der Waals surface area contributed by atoms with E-state index >= 15 is 0 Å². The van der Waals surface area contributed by atoms with Crippen LogP contribution in [0.15, 0.2) is 24.3 Å². The Morgan fingerprint density at radius 2 is 2.16 bits per heavy atom. The van der Waals surface area contributed by atoms with Crippen LogP contribution in [-0.4, -0.2) is 36.8 Å². The molecule has 3 N–H and O–H groups in total. The molecule has 5 heteroatoms. The molecule has 5 nitrogen and oxygen atoms in total. The summed E-state index contributed by atoms with van der Waals surface area (Å²) in [4.78, 5) is 11.7. The van der Waals surface area contributed by atoms with Crippen molar-refractivity contribution in [3.8, 4) is 5.75 Å². The molecule has 0 aliphatic carbocycles. The number of carbonyl (C=O) groups is 1. The van der Waals surface area contributed by atoms with Crippen molar-refractivity contribution in [1.29, 1.82) is 0 Å². The minimum atomic E-state index is -0.371. The van der Waals surface area contributed by atoms with Gasteiger partial charge in [0.2, 0.25) is 5.91 Å². The molecule has 106 valence electrons. The summed E-state index contributed by atoms with van der Waals surface area (Å²) in [5, 5.41) is 15.1. The first-order chi connectivity index (χ1) is 9.01. The smallest absolute Gasteiger partial charge is 0.238 e. The first-order valence-corrected chi connectivity index (χ1v) is 6.36. The molecule has 2 atom stereocenters. The van der Waals surface area contributed by atoms with Crippen molar-refractivity contribution in [3.63, 3.8) is 0 Å². The zero-order valence-corrected chi connectivity index (χ0v) is 11.6. The molecule has 0 aromatic heterocycles. The number of benzene rings is 1. The highest BCUT2D eigenvalue weighted by Gasteiger charge is 2.08. The predicted molar refractivity (Wildman–Crippen MR) is 75.4 cm³/mol. The lowest BCUT2D eigenvalue weighted by molar-refractivity contribution is -0.115. The number of hydrogen-bond acceptors (Lipinski definition) is 4. The van der Waals surface area contributed by atoms with Crippen molar-refractivity contribution in [2.45, 2.75) is 32.4 Å². The molecule has 2 unspecified atom stereocenters. The summed E-state index contributed by atoms with van der Waals surface area (Å²) in [5.41, 5.74) is 0.703. The molecule has 0 spiro atoms. The van der Waals surface area contributed by atoms with E-state index in [2.05, 4.69) is 10.6 Å². The van der Waals surface area contributed by atoms with Crippen LogP contribution in [0.4, 0.5) is 5.69 Å². The average Bonchev–Trinajstić information content (AvgIpc) is 2.36. The van der Waals surface area contributed by atoms with E-state index in [1.54, 1.807) is 26.2 Å². The van der Waals surface area contributed by atoms with E-state index < -0.39 is 0 Å². The molecule has 1 aromatic carbocycles. The highest BCUT2D eigenvalue weighted by Crippen LogP contribution is 2.16. The quantitative estimate of drug-likeness (QED) is 0.697. The molecule has 1 rings (SSSR count). The number of ether oxygens (including phenoxy) is 1. The summed E-state index contributed by atoms with van der Waals surface area (Å²) in [6, 6.07) is 7.30. The monoisotopic (exact) mass is 266 g/mol. The lowest BCUT2D eigenvalue weighted by atomic mass is 10.1. The topological polar surface area (TPSA) is 70.6 Å². The summed E-state index contributed by atoms with van der Waals surface area (Å²) < 4.78 is 5.08. The van der Waals surface area contributed by atoms with Crippen LogP contribution in [0.25, 0.3) is 0 Å². The molecule has 0 radical (unpaired) electrons. The fraction of sp³-hybridized carbons (Fsp3) is 0.500. The number of methoxy groups -OCH3 is 1. The molecular weight excluding hydrogens is 244 g/mol.